The van der Waals surface area contributed by atoms with Crippen LogP contribution in [-0.4, -0.2) is 52.8 Å². The Bertz CT molecular complexity index is 787. The second kappa shape index (κ2) is 6.54. The Morgan fingerprint density at radius 2 is 2.35 bits per heavy atom. The monoisotopic (exact) mass is 373 g/mol. The van der Waals surface area contributed by atoms with Crippen molar-refractivity contribution in [2.75, 3.05) is 26.2 Å². The van der Waals surface area contributed by atoms with Crippen LogP contribution in [0.5, 0.6) is 0 Å². The van der Waals surface area contributed by atoms with E-state index in [0.29, 0.717) is 24.8 Å². The molecule has 2 saturated heterocycles. The molecule has 2 aliphatic heterocycles. The van der Waals surface area contributed by atoms with E-state index in [2.05, 4.69) is 18.8 Å². The quantitative estimate of drug-likeness (QED) is 0.827. The van der Waals surface area contributed by atoms with Gasteiger partial charge in [0.25, 0.3) is 5.91 Å². The van der Waals surface area contributed by atoms with Crippen LogP contribution in [0.25, 0.3) is 0 Å². The van der Waals surface area contributed by atoms with Crippen LogP contribution in [0.2, 0.25) is 0 Å². The Morgan fingerprint density at radius 1 is 1.50 bits per heavy atom. The number of carbonyl (C=O) groups is 2. The molecule has 138 valence electrons. The molecule has 0 aliphatic carbocycles. The van der Waals surface area contributed by atoms with Crippen LogP contribution in [-0.2, 0) is 4.79 Å². The van der Waals surface area contributed by atoms with Gasteiger partial charge in [0, 0.05) is 43.7 Å². The lowest BCUT2D eigenvalue weighted by atomic mass is 9.77. The third-order valence-corrected chi connectivity index (χ3v) is 6.33. The van der Waals surface area contributed by atoms with Gasteiger partial charge in [-0.1, -0.05) is 13.8 Å². The zero-order chi connectivity index (χ0) is 18.3. The Kier molecular flexibility index (Phi) is 4.34. The molecule has 6 nitrogen and oxygen atoms in total. The number of thiazole rings is 1. The largest absolute Gasteiger partial charge is 0.459 e. The summed E-state index contributed by atoms with van der Waals surface area (Å²) in [6, 6.07) is 3.38. The summed E-state index contributed by atoms with van der Waals surface area (Å²) in [5.74, 6) is 0.717. The molecule has 2 aliphatic rings. The number of nitrogens with zero attached hydrogens (tertiary/aromatic N) is 3. The SMILES string of the molecule is CC(C)CN1CC[C@@]2(CN(C(=O)c3ccco3)C[C@@H]2c2nccs2)C1=O. The first kappa shape index (κ1) is 17.3. The Morgan fingerprint density at radius 3 is 3.00 bits per heavy atom. The maximum atomic E-state index is 13.4. The lowest BCUT2D eigenvalue weighted by Gasteiger charge is -2.28. The molecule has 2 fully saturated rings. The molecule has 4 heterocycles. The predicted octanol–water partition coefficient (Wildman–Crippen LogP) is 2.85. The smallest absolute Gasteiger partial charge is 0.289 e. The van der Waals surface area contributed by atoms with Gasteiger partial charge in [-0.05, 0) is 24.5 Å². The lowest BCUT2D eigenvalue weighted by Crippen LogP contribution is -2.41. The molecule has 4 rings (SSSR count). The zero-order valence-corrected chi connectivity index (χ0v) is 15.9. The van der Waals surface area contributed by atoms with Crippen molar-refractivity contribution in [3.8, 4) is 0 Å². The molecule has 2 aromatic rings. The summed E-state index contributed by atoms with van der Waals surface area (Å²) in [6.07, 6.45) is 4.04. The van der Waals surface area contributed by atoms with Gasteiger partial charge in [0.15, 0.2) is 5.76 Å². The molecule has 0 unspecified atom stereocenters. The maximum Gasteiger partial charge on any atom is 0.289 e. The van der Waals surface area contributed by atoms with Gasteiger partial charge in [-0.25, -0.2) is 4.98 Å². The molecular weight excluding hydrogens is 350 g/mol. The van der Waals surface area contributed by atoms with E-state index >= 15 is 0 Å². The molecule has 2 atom stereocenters. The minimum atomic E-state index is -0.561. The first-order valence-electron chi connectivity index (χ1n) is 9.03. The number of furan rings is 1. The van der Waals surface area contributed by atoms with Crippen molar-refractivity contribution in [2.24, 2.45) is 11.3 Å². The van der Waals surface area contributed by atoms with E-state index in [0.717, 1.165) is 24.5 Å². The molecule has 0 saturated carbocycles. The van der Waals surface area contributed by atoms with E-state index in [4.69, 9.17) is 4.42 Å². The summed E-state index contributed by atoms with van der Waals surface area (Å²) in [4.78, 5) is 34.4. The van der Waals surface area contributed by atoms with Gasteiger partial charge in [-0.3, -0.25) is 9.59 Å². The molecule has 0 bridgehead atoms. The predicted molar refractivity (Wildman–Crippen MR) is 97.9 cm³/mol. The van der Waals surface area contributed by atoms with Gasteiger partial charge in [0.1, 0.15) is 0 Å². The molecule has 0 radical (unpaired) electrons. The topological polar surface area (TPSA) is 66.7 Å². The van der Waals surface area contributed by atoms with Crippen molar-refractivity contribution in [1.29, 1.82) is 0 Å². The van der Waals surface area contributed by atoms with Crippen LogP contribution in [0.3, 0.4) is 0 Å². The molecule has 2 aromatic heterocycles. The number of hydrogen-bond donors (Lipinski definition) is 0. The third kappa shape index (κ3) is 2.74. The van der Waals surface area contributed by atoms with Gasteiger partial charge in [0.2, 0.25) is 5.91 Å². The highest BCUT2D eigenvalue weighted by Crippen LogP contribution is 2.50. The highest BCUT2D eigenvalue weighted by atomic mass is 32.1. The number of likely N-dealkylation sites (tertiary alicyclic amines) is 2. The number of carbonyl (C=O) groups excluding carboxylic acids is 2. The van der Waals surface area contributed by atoms with E-state index < -0.39 is 5.41 Å². The molecule has 26 heavy (non-hydrogen) atoms. The average Bonchev–Trinajstić information content (AvgIpc) is 3.39. The van der Waals surface area contributed by atoms with Crippen molar-refractivity contribution in [2.45, 2.75) is 26.2 Å². The first-order chi connectivity index (χ1) is 12.5. The Labute approximate surface area is 156 Å². The third-order valence-electron chi connectivity index (χ3n) is 5.44. The van der Waals surface area contributed by atoms with E-state index in [1.807, 2.05) is 10.3 Å². The van der Waals surface area contributed by atoms with Crippen molar-refractivity contribution in [3.05, 3.63) is 40.7 Å². The highest BCUT2D eigenvalue weighted by Gasteiger charge is 2.59. The number of amides is 2. The second-order valence-corrected chi connectivity index (χ2v) is 8.56. The van der Waals surface area contributed by atoms with Crippen LogP contribution in [0.4, 0.5) is 0 Å². The Hall–Kier alpha value is -2.15. The van der Waals surface area contributed by atoms with Gasteiger partial charge < -0.3 is 14.2 Å². The van der Waals surface area contributed by atoms with Gasteiger partial charge in [-0.15, -0.1) is 11.3 Å². The van der Waals surface area contributed by atoms with Crippen molar-refractivity contribution in [1.82, 2.24) is 14.8 Å². The standard InChI is InChI=1S/C19H23N3O3S/c1-13(2)10-21-7-5-19(18(21)24)12-22(17(23)15-4-3-8-25-15)11-14(19)16-20-6-9-26-16/h3-4,6,8-9,13-14H,5,7,10-12H2,1-2H3/t14-,19+/m1/s1. The van der Waals surface area contributed by atoms with Crippen molar-refractivity contribution in [3.63, 3.8) is 0 Å². The van der Waals surface area contributed by atoms with Gasteiger partial charge in [0.05, 0.1) is 16.7 Å². The summed E-state index contributed by atoms with van der Waals surface area (Å²) >= 11 is 1.57. The number of aromatic nitrogens is 1. The fourth-order valence-corrected chi connectivity index (χ4v) is 5.13. The molecule has 2 amide bonds. The highest BCUT2D eigenvalue weighted by molar-refractivity contribution is 7.09. The van der Waals surface area contributed by atoms with Crippen LogP contribution in [0, 0.1) is 11.3 Å². The van der Waals surface area contributed by atoms with Crippen LogP contribution in [0.15, 0.2) is 34.4 Å². The van der Waals surface area contributed by atoms with Gasteiger partial charge >= 0.3 is 0 Å². The van der Waals surface area contributed by atoms with Crippen LogP contribution in [0.1, 0.15) is 41.7 Å². The molecular formula is C19H23N3O3S. The fourth-order valence-electron chi connectivity index (χ4n) is 4.29. The molecule has 0 N–H and O–H groups in total. The van der Waals surface area contributed by atoms with Crippen LogP contribution < -0.4 is 0 Å². The van der Waals surface area contributed by atoms with Crippen molar-refractivity contribution >= 4 is 23.2 Å². The minimum absolute atomic E-state index is 0.0499. The van der Waals surface area contributed by atoms with E-state index in [-0.39, 0.29) is 17.7 Å². The summed E-state index contributed by atoms with van der Waals surface area (Å²) in [6.45, 7) is 6.70. The summed E-state index contributed by atoms with van der Waals surface area (Å²) in [5.41, 5.74) is -0.561. The Balaban J connectivity index is 1.65. The fraction of sp³-hybridized carbons (Fsp3) is 0.526. The van der Waals surface area contributed by atoms with Crippen LogP contribution >= 0.6 is 11.3 Å². The normalized spacial score (nSPS) is 25.8. The van der Waals surface area contributed by atoms with E-state index in [1.54, 1.807) is 34.6 Å². The summed E-state index contributed by atoms with van der Waals surface area (Å²) in [5, 5.41) is 2.88. The first-order valence-corrected chi connectivity index (χ1v) is 9.91. The molecule has 1 spiro atoms. The van der Waals surface area contributed by atoms with E-state index in [9.17, 15) is 9.59 Å². The summed E-state index contributed by atoms with van der Waals surface area (Å²) < 4.78 is 5.29. The zero-order valence-electron chi connectivity index (χ0n) is 15.1. The summed E-state index contributed by atoms with van der Waals surface area (Å²) in [7, 11) is 0. The second-order valence-electron chi connectivity index (χ2n) is 7.64. The molecule has 0 aromatic carbocycles. The average molecular weight is 373 g/mol. The minimum Gasteiger partial charge on any atom is -0.459 e. The maximum absolute atomic E-state index is 13.4. The van der Waals surface area contributed by atoms with Crippen molar-refractivity contribution < 1.29 is 14.0 Å². The molecule has 7 heteroatoms. The number of rotatable bonds is 4. The lowest BCUT2D eigenvalue weighted by molar-refractivity contribution is -0.136. The number of hydrogen-bond acceptors (Lipinski definition) is 5. The van der Waals surface area contributed by atoms with Gasteiger partial charge in [-0.2, -0.15) is 0 Å². The van der Waals surface area contributed by atoms with E-state index in [1.165, 1.54) is 6.26 Å².